The summed E-state index contributed by atoms with van der Waals surface area (Å²) in [5, 5.41) is -0.296. The maximum atomic E-state index is 12.1. The average Bonchev–Trinajstić information content (AvgIpc) is 2.11. The van der Waals surface area contributed by atoms with Gasteiger partial charge in [0.1, 0.15) is 0 Å². The molecule has 0 unspecified atom stereocenters. The van der Waals surface area contributed by atoms with E-state index in [1.165, 1.54) is 28.5 Å². The van der Waals surface area contributed by atoms with E-state index in [4.69, 9.17) is 11.6 Å². The number of alkyl halides is 3. The summed E-state index contributed by atoms with van der Waals surface area (Å²) in [7, 11) is 0. The van der Waals surface area contributed by atoms with Gasteiger partial charge in [-0.25, -0.2) is 0 Å². The van der Waals surface area contributed by atoms with E-state index in [9.17, 15) is 13.2 Å². The molecule has 0 aliphatic heterocycles. The summed E-state index contributed by atoms with van der Waals surface area (Å²) >= 11 is 9.58. The molecule has 0 heterocycles. The van der Waals surface area contributed by atoms with Gasteiger partial charge in [-0.2, -0.15) is 31.7 Å². The monoisotopic (exact) mass is 336 g/mol. The van der Waals surface area contributed by atoms with E-state index in [0.29, 0.717) is 5.56 Å². The second kappa shape index (κ2) is 5.99. The molecular weight excluding hydrogens is 334 g/mol. The second-order valence-electron chi connectivity index (χ2n) is 2.31. The SMILES string of the molecule is [CH2-]c1ccc(Cl)c(C(F)(F)F)c1.[Zn+][Br]. The Kier molecular flexibility index (Phi) is 6.10. The van der Waals surface area contributed by atoms with Gasteiger partial charge in [-0.1, -0.05) is 17.7 Å². The molecule has 0 N–H and O–H groups in total. The molecule has 0 amide bonds. The van der Waals surface area contributed by atoms with E-state index < -0.39 is 11.7 Å². The molecule has 0 saturated heterocycles. The summed E-state index contributed by atoms with van der Waals surface area (Å²) in [4.78, 5) is 0. The molecule has 0 aliphatic carbocycles. The van der Waals surface area contributed by atoms with Crippen molar-refractivity contribution in [2.45, 2.75) is 6.18 Å². The summed E-state index contributed by atoms with van der Waals surface area (Å²) in [6.45, 7) is 3.38. The predicted octanol–water partition coefficient (Wildman–Crippen LogP) is 4.38. The fourth-order valence-corrected chi connectivity index (χ4v) is 1.01. The molecule has 0 radical (unpaired) electrons. The first-order chi connectivity index (χ1) is 6.41. The zero-order valence-electron chi connectivity index (χ0n) is 7.04. The number of rotatable bonds is 0. The third-order valence-electron chi connectivity index (χ3n) is 1.34. The first kappa shape index (κ1) is 14.3. The van der Waals surface area contributed by atoms with Crippen LogP contribution in [0, 0.1) is 6.92 Å². The van der Waals surface area contributed by atoms with Gasteiger partial charge in [-0.05, 0) is 0 Å². The van der Waals surface area contributed by atoms with Crippen molar-refractivity contribution in [3.05, 3.63) is 41.3 Å². The predicted molar refractivity (Wildman–Crippen MR) is 49.8 cm³/mol. The van der Waals surface area contributed by atoms with E-state index in [2.05, 4.69) is 20.5 Å². The fourth-order valence-electron chi connectivity index (χ4n) is 0.790. The molecule has 0 spiro atoms. The van der Waals surface area contributed by atoms with Crippen LogP contribution < -0.4 is 0 Å². The summed E-state index contributed by atoms with van der Waals surface area (Å²) < 4.78 is 36.3. The van der Waals surface area contributed by atoms with E-state index in [0.717, 1.165) is 6.07 Å². The van der Waals surface area contributed by atoms with Crippen LogP contribution in [0.3, 0.4) is 0 Å². The Labute approximate surface area is 102 Å². The molecule has 1 rings (SSSR count). The zero-order chi connectivity index (χ0) is 11.4. The zero-order valence-corrected chi connectivity index (χ0v) is 12.3. The van der Waals surface area contributed by atoms with E-state index >= 15 is 0 Å². The summed E-state index contributed by atoms with van der Waals surface area (Å²) in [6.07, 6.45) is -4.40. The minimum absolute atomic E-state index is 0.296. The van der Waals surface area contributed by atoms with Crippen LogP contribution in [-0.2, 0) is 22.5 Å². The molecule has 0 fully saturated rings. The van der Waals surface area contributed by atoms with Crippen LogP contribution in [0.15, 0.2) is 18.2 Å². The van der Waals surface area contributed by atoms with Gasteiger partial charge in [-0.15, -0.1) is 6.07 Å². The maximum absolute atomic E-state index is 12.1. The fraction of sp³-hybridized carbons (Fsp3) is 0.125. The first-order valence-electron chi connectivity index (χ1n) is 3.36. The molecule has 0 nitrogen and oxygen atoms in total. The van der Waals surface area contributed by atoms with Gasteiger partial charge in [0.25, 0.3) is 0 Å². The quantitative estimate of drug-likeness (QED) is 0.486. The van der Waals surface area contributed by atoms with E-state index in [-0.39, 0.29) is 5.02 Å². The molecule has 0 aromatic heterocycles. The van der Waals surface area contributed by atoms with Crippen molar-refractivity contribution in [3.63, 3.8) is 0 Å². The van der Waals surface area contributed by atoms with Crippen LogP contribution in [0.25, 0.3) is 0 Å². The van der Waals surface area contributed by atoms with Crippen LogP contribution in [0.4, 0.5) is 13.2 Å². The Hall–Kier alpha value is 0.273. The molecule has 6 heteroatoms. The van der Waals surface area contributed by atoms with Crippen LogP contribution in [0.1, 0.15) is 11.1 Å². The number of hydrogen-bond acceptors (Lipinski definition) is 0. The van der Waals surface area contributed by atoms with Gasteiger partial charge in [0.05, 0.1) is 0 Å². The molecule has 0 bridgehead atoms. The van der Waals surface area contributed by atoms with Gasteiger partial charge in [-0.3, -0.25) is 0 Å². The van der Waals surface area contributed by atoms with Gasteiger partial charge in [0.15, 0.2) is 0 Å². The van der Waals surface area contributed by atoms with Gasteiger partial charge >= 0.3 is 36.1 Å². The Morgan fingerprint density at radius 1 is 1.29 bits per heavy atom. The summed E-state index contributed by atoms with van der Waals surface area (Å²) in [5.74, 6) is 0. The van der Waals surface area contributed by atoms with Crippen molar-refractivity contribution in [1.82, 2.24) is 0 Å². The van der Waals surface area contributed by atoms with Crippen molar-refractivity contribution in [1.29, 1.82) is 0 Å². The molecule has 74 valence electrons. The molecule has 0 aliphatic rings. The van der Waals surface area contributed by atoms with Gasteiger partial charge in [0.2, 0.25) is 0 Å². The van der Waals surface area contributed by atoms with Crippen molar-refractivity contribution in [3.8, 4) is 0 Å². The Balaban J connectivity index is 0.000000791. The van der Waals surface area contributed by atoms with Crippen molar-refractivity contribution >= 4 is 25.2 Å². The van der Waals surface area contributed by atoms with Crippen LogP contribution in [-0.4, -0.2) is 0 Å². The average molecular weight is 339 g/mol. The van der Waals surface area contributed by atoms with Gasteiger partial charge < -0.3 is 0 Å². The standard InChI is InChI=1S/C8H5ClF3.BrH.Zn/c1-5-2-3-7(9)6(4-5)8(10,11)12;;/h2-4H,1H2;1H;/q-1;;+2/p-1. The van der Waals surface area contributed by atoms with Gasteiger partial charge in [0, 0.05) is 10.6 Å². The van der Waals surface area contributed by atoms with E-state index in [1.54, 1.807) is 0 Å². The molecule has 0 atom stereocenters. The molecule has 1 aromatic rings. The Morgan fingerprint density at radius 3 is 2.14 bits per heavy atom. The molecular formula is C8H5BrClF3Zn. The Bertz CT molecular complexity index is 301. The van der Waals surface area contributed by atoms with Crippen molar-refractivity contribution in [2.75, 3.05) is 0 Å². The summed E-state index contributed by atoms with van der Waals surface area (Å²) in [6, 6.07) is 3.53. The molecule has 0 saturated carbocycles. The number of halogens is 5. The first-order valence-corrected chi connectivity index (χ1v) is 10.7. The minimum atomic E-state index is -4.40. The second-order valence-corrected chi connectivity index (χ2v) is 2.72. The van der Waals surface area contributed by atoms with Crippen LogP contribution in [0.2, 0.25) is 5.02 Å². The number of hydrogen-bond donors (Lipinski definition) is 0. The number of benzene rings is 1. The van der Waals surface area contributed by atoms with E-state index in [1.807, 2.05) is 0 Å². The van der Waals surface area contributed by atoms with Crippen LogP contribution >= 0.6 is 25.2 Å². The topological polar surface area (TPSA) is 0 Å². The molecule has 14 heavy (non-hydrogen) atoms. The normalized spacial score (nSPS) is 10.5. The third kappa shape index (κ3) is 4.20. The van der Waals surface area contributed by atoms with Crippen molar-refractivity contribution in [2.24, 2.45) is 0 Å². The summed E-state index contributed by atoms with van der Waals surface area (Å²) in [5.41, 5.74) is -0.539. The van der Waals surface area contributed by atoms with Crippen LogP contribution in [0.5, 0.6) is 0 Å². The molecule has 1 aromatic carbocycles. The van der Waals surface area contributed by atoms with Crippen molar-refractivity contribution < 1.29 is 29.5 Å². The third-order valence-corrected chi connectivity index (χ3v) is 1.67. The Morgan fingerprint density at radius 2 is 1.79 bits per heavy atom.